The number of amides is 1. The zero-order chi connectivity index (χ0) is 18.9. The van der Waals surface area contributed by atoms with Crippen molar-refractivity contribution in [3.05, 3.63) is 23.9 Å². The third-order valence-corrected chi connectivity index (χ3v) is 2.58. The summed E-state index contributed by atoms with van der Waals surface area (Å²) in [5.41, 5.74) is 0.230. The molecule has 0 fully saturated rings. The van der Waals surface area contributed by atoms with E-state index in [1.807, 2.05) is 13.8 Å². The van der Waals surface area contributed by atoms with Crippen LogP contribution in [0.1, 0.15) is 24.2 Å². The van der Waals surface area contributed by atoms with Gasteiger partial charge >= 0.3 is 18.1 Å². The fourth-order valence-electron chi connectivity index (χ4n) is 1.53. The van der Waals surface area contributed by atoms with Gasteiger partial charge in [0.1, 0.15) is 6.61 Å². The zero-order valence-corrected chi connectivity index (χ0v) is 13.8. The van der Waals surface area contributed by atoms with Gasteiger partial charge in [-0.05, 0) is 19.9 Å². The van der Waals surface area contributed by atoms with Gasteiger partial charge < -0.3 is 19.5 Å². The standard InChI is InChI=1S/C15H19F3N2O5/c1-10(2)25-12-4-3-11(9-20-12)13(21)24-8-7-23-6-5-19-14(22)15(16,17)18/h3-4,9-10H,5-8H2,1-2H3,(H,19,22). The molecule has 0 atom stereocenters. The molecule has 7 nitrogen and oxygen atoms in total. The Bertz CT molecular complexity index is 561. The van der Waals surface area contributed by atoms with Crippen LogP contribution in [0.2, 0.25) is 0 Å². The van der Waals surface area contributed by atoms with Crippen LogP contribution in [0.4, 0.5) is 13.2 Å². The average Bonchev–Trinajstić information content (AvgIpc) is 2.52. The van der Waals surface area contributed by atoms with Gasteiger partial charge in [-0.3, -0.25) is 4.79 Å². The lowest BCUT2D eigenvalue weighted by atomic mass is 10.3. The van der Waals surface area contributed by atoms with Crippen molar-refractivity contribution >= 4 is 11.9 Å². The quantitative estimate of drug-likeness (QED) is 0.530. The molecule has 0 unspecified atom stereocenters. The number of aromatic nitrogens is 1. The van der Waals surface area contributed by atoms with E-state index in [2.05, 4.69) is 4.98 Å². The van der Waals surface area contributed by atoms with Gasteiger partial charge in [0.25, 0.3) is 0 Å². The summed E-state index contributed by atoms with van der Waals surface area (Å²) in [5.74, 6) is -2.26. The van der Waals surface area contributed by atoms with E-state index in [0.29, 0.717) is 5.88 Å². The van der Waals surface area contributed by atoms with Gasteiger partial charge in [0.05, 0.1) is 24.9 Å². The summed E-state index contributed by atoms with van der Waals surface area (Å²) < 4.78 is 50.9. The molecule has 140 valence electrons. The minimum atomic E-state index is -4.92. The molecule has 0 aliphatic heterocycles. The SMILES string of the molecule is CC(C)Oc1ccc(C(=O)OCCOCCNC(=O)C(F)(F)F)cn1. The number of halogens is 3. The second-order valence-corrected chi connectivity index (χ2v) is 5.05. The molecular weight excluding hydrogens is 345 g/mol. The van der Waals surface area contributed by atoms with E-state index >= 15 is 0 Å². The Balaban J connectivity index is 2.17. The number of nitrogens with one attached hydrogen (secondary N) is 1. The maximum atomic E-state index is 11.9. The molecule has 0 spiro atoms. The first kappa shape index (κ1) is 20.7. The molecule has 1 amide bonds. The first-order valence-corrected chi connectivity index (χ1v) is 7.42. The third-order valence-electron chi connectivity index (χ3n) is 2.58. The molecule has 0 saturated heterocycles. The minimum absolute atomic E-state index is 0.0183. The van der Waals surface area contributed by atoms with Crippen LogP contribution in [-0.2, 0) is 14.3 Å². The first-order chi connectivity index (χ1) is 11.7. The van der Waals surface area contributed by atoms with E-state index < -0.39 is 18.1 Å². The van der Waals surface area contributed by atoms with Crippen molar-refractivity contribution in [2.24, 2.45) is 0 Å². The fraction of sp³-hybridized carbons (Fsp3) is 0.533. The molecule has 0 radical (unpaired) electrons. The normalized spacial score (nSPS) is 11.3. The molecule has 0 aliphatic rings. The van der Waals surface area contributed by atoms with Crippen LogP contribution < -0.4 is 10.1 Å². The van der Waals surface area contributed by atoms with Crippen molar-refractivity contribution in [2.75, 3.05) is 26.4 Å². The predicted octanol–water partition coefficient (Wildman–Crippen LogP) is 1.72. The first-order valence-electron chi connectivity index (χ1n) is 7.42. The number of carbonyl (C=O) groups is 2. The summed E-state index contributed by atoms with van der Waals surface area (Å²) in [4.78, 5) is 26.2. The Kier molecular flexibility index (Phi) is 8.12. The smallest absolute Gasteiger partial charge is 0.471 e. The van der Waals surface area contributed by atoms with E-state index in [9.17, 15) is 22.8 Å². The second-order valence-electron chi connectivity index (χ2n) is 5.05. The van der Waals surface area contributed by atoms with E-state index in [0.717, 1.165) is 0 Å². The van der Waals surface area contributed by atoms with E-state index in [1.54, 1.807) is 5.32 Å². The lowest BCUT2D eigenvalue weighted by molar-refractivity contribution is -0.173. The molecule has 1 rings (SSSR count). The highest BCUT2D eigenvalue weighted by Crippen LogP contribution is 2.13. The number of esters is 1. The zero-order valence-electron chi connectivity index (χ0n) is 13.8. The Hall–Kier alpha value is -2.36. The molecule has 1 aromatic rings. The van der Waals surface area contributed by atoms with Crippen molar-refractivity contribution in [3.8, 4) is 5.88 Å². The van der Waals surface area contributed by atoms with Crippen LogP contribution in [0.15, 0.2) is 18.3 Å². The molecule has 0 bridgehead atoms. The lowest BCUT2D eigenvalue weighted by Crippen LogP contribution is -2.38. The molecule has 1 heterocycles. The predicted molar refractivity (Wildman–Crippen MR) is 80.2 cm³/mol. The summed E-state index contributed by atoms with van der Waals surface area (Å²) in [6, 6.07) is 3.04. The summed E-state index contributed by atoms with van der Waals surface area (Å²) in [6.45, 7) is 3.15. The molecule has 0 aromatic carbocycles. The van der Waals surface area contributed by atoms with Crippen LogP contribution >= 0.6 is 0 Å². The molecule has 25 heavy (non-hydrogen) atoms. The number of ether oxygens (including phenoxy) is 3. The van der Waals surface area contributed by atoms with Crippen molar-refractivity contribution < 1.29 is 37.0 Å². The summed E-state index contributed by atoms with van der Waals surface area (Å²) in [6.07, 6.45) is -3.64. The Morgan fingerprint density at radius 2 is 1.92 bits per heavy atom. The van der Waals surface area contributed by atoms with Gasteiger partial charge in [-0.25, -0.2) is 9.78 Å². The van der Waals surface area contributed by atoms with Gasteiger partial charge in [-0.1, -0.05) is 0 Å². The molecule has 0 saturated carbocycles. The van der Waals surface area contributed by atoms with Crippen LogP contribution in [-0.4, -0.2) is 55.5 Å². The largest absolute Gasteiger partial charge is 0.475 e. The number of nitrogens with zero attached hydrogens (tertiary/aromatic N) is 1. The Morgan fingerprint density at radius 1 is 1.20 bits per heavy atom. The van der Waals surface area contributed by atoms with Crippen LogP contribution in [0, 0.1) is 0 Å². The maximum absolute atomic E-state index is 11.9. The van der Waals surface area contributed by atoms with Gasteiger partial charge in [0.2, 0.25) is 5.88 Å². The Labute approximate surface area is 142 Å². The van der Waals surface area contributed by atoms with E-state index in [1.165, 1.54) is 18.3 Å². The van der Waals surface area contributed by atoms with Gasteiger partial charge in [0, 0.05) is 18.8 Å². The molecule has 0 aliphatic carbocycles. The Morgan fingerprint density at radius 3 is 2.48 bits per heavy atom. The monoisotopic (exact) mass is 364 g/mol. The van der Waals surface area contributed by atoms with Crippen LogP contribution in [0.25, 0.3) is 0 Å². The van der Waals surface area contributed by atoms with Gasteiger partial charge in [0.15, 0.2) is 0 Å². The number of carbonyl (C=O) groups excluding carboxylic acids is 2. The highest BCUT2D eigenvalue weighted by molar-refractivity contribution is 5.89. The maximum Gasteiger partial charge on any atom is 0.471 e. The van der Waals surface area contributed by atoms with Crippen molar-refractivity contribution in [1.82, 2.24) is 10.3 Å². The minimum Gasteiger partial charge on any atom is -0.475 e. The van der Waals surface area contributed by atoms with Crippen LogP contribution in [0.5, 0.6) is 5.88 Å². The molecular formula is C15H19F3N2O5. The van der Waals surface area contributed by atoms with Crippen molar-refractivity contribution in [1.29, 1.82) is 0 Å². The second kappa shape index (κ2) is 9.82. The molecule has 1 N–H and O–H groups in total. The number of hydrogen-bond donors (Lipinski definition) is 1. The van der Waals surface area contributed by atoms with E-state index in [4.69, 9.17) is 14.2 Å². The number of hydrogen-bond acceptors (Lipinski definition) is 6. The van der Waals surface area contributed by atoms with Gasteiger partial charge in [-0.2, -0.15) is 13.2 Å². The summed E-state index contributed by atoms with van der Waals surface area (Å²) in [7, 11) is 0. The summed E-state index contributed by atoms with van der Waals surface area (Å²) >= 11 is 0. The van der Waals surface area contributed by atoms with Crippen LogP contribution in [0.3, 0.4) is 0 Å². The number of pyridine rings is 1. The van der Waals surface area contributed by atoms with Crippen molar-refractivity contribution in [2.45, 2.75) is 26.1 Å². The average molecular weight is 364 g/mol. The highest BCUT2D eigenvalue weighted by atomic mass is 19.4. The lowest BCUT2D eigenvalue weighted by Gasteiger charge is -2.09. The summed E-state index contributed by atoms with van der Waals surface area (Å²) in [5, 5.41) is 1.65. The topological polar surface area (TPSA) is 86.8 Å². The van der Waals surface area contributed by atoms with Crippen molar-refractivity contribution in [3.63, 3.8) is 0 Å². The molecule has 1 aromatic heterocycles. The third kappa shape index (κ3) is 8.34. The molecule has 10 heteroatoms. The van der Waals surface area contributed by atoms with Gasteiger partial charge in [-0.15, -0.1) is 0 Å². The number of alkyl halides is 3. The fourth-order valence-corrected chi connectivity index (χ4v) is 1.53. The highest BCUT2D eigenvalue weighted by Gasteiger charge is 2.38. The number of rotatable bonds is 9. The van der Waals surface area contributed by atoms with E-state index in [-0.39, 0.29) is 38.0 Å².